The lowest BCUT2D eigenvalue weighted by Crippen LogP contribution is -2.26. The van der Waals surface area contributed by atoms with Gasteiger partial charge in [-0.25, -0.2) is 0 Å². The molecular formula is C17H12Cl2N2O. The van der Waals surface area contributed by atoms with Gasteiger partial charge >= 0.3 is 0 Å². The van der Waals surface area contributed by atoms with Crippen molar-refractivity contribution >= 4 is 40.5 Å². The van der Waals surface area contributed by atoms with E-state index in [9.17, 15) is 4.79 Å². The number of aliphatic imine (C=N–C) groups is 1. The standard InChI is InChI=1S/C17H12Cl2N2O/c1-2-21-15-8-7-11(18)9-13(15)17(20-10-16(21)22)12-5-3-4-6-14(12)19/h2-9H,1,10H2. The maximum atomic E-state index is 12.2. The SMILES string of the molecule is C=CN1C(=O)CN=C(c2ccccc2Cl)c2cc(Cl)ccc21. The van der Waals surface area contributed by atoms with Crippen LogP contribution in [0.15, 0.2) is 60.2 Å². The zero-order chi connectivity index (χ0) is 15.7. The number of carbonyl (C=O) groups excluding carboxylic acids is 1. The summed E-state index contributed by atoms with van der Waals surface area (Å²) >= 11 is 12.4. The van der Waals surface area contributed by atoms with Crippen LogP contribution in [0.25, 0.3) is 0 Å². The molecule has 0 aromatic heterocycles. The molecular weight excluding hydrogens is 319 g/mol. The van der Waals surface area contributed by atoms with Gasteiger partial charge in [0.1, 0.15) is 6.54 Å². The van der Waals surface area contributed by atoms with Crippen molar-refractivity contribution in [2.75, 3.05) is 11.4 Å². The van der Waals surface area contributed by atoms with Gasteiger partial charge in [0.2, 0.25) is 0 Å². The maximum absolute atomic E-state index is 12.2. The van der Waals surface area contributed by atoms with Crippen molar-refractivity contribution in [1.29, 1.82) is 0 Å². The zero-order valence-electron chi connectivity index (χ0n) is 11.6. The fourth-order valence-electron chi connectivity index (χ4n) is 2.43. The number of rotatable bonds is 2. The molecule has 1 aliphatic rings. The molecule has 1 amide bonds. The molecule has 22 heavy (non-hydrogen) atoms. The van der Waals surface area contributed by atoms with E-state index in [2.05, 4.69) is 11.6 Å². The Kier molecular flexibility index (Phi) is 4.01. The number of halogens is 2. The molecule has 0 unspecified atom stereocenters. The minimum Gasteiger partial charge on any atom is -0.286 e. The van der Waals surface area contributed by atoms with Crippen molar-refractivity contribution in [3.05, 3.63) is 76.4 Å². The number of fused-ring (bicyclic) bond motifs is 1. The summed E-state index contributed by atoms with van der Waals surface area (Å²) in [6, 6.07) is 12.7. The molecule has 0 N–H and O–H groups in total. The van der Waals surface area contributed by atoms with Crippen LogP contribution in [0.4, 0.5) is 5.69 Å². The Morgan fingerprint density at radius 2 is 1.91 bits per heavy atom. The van der Waals surface area contributed by atoms with E-state index in [1.165, 1.54) is 11.1 Å². The molecule has 0 fully saturated rings. The predicted octanol–water partition coefficient (Wildman–Crippen LogP) is 4.32. The summed E-state index contributed by atoms with van der Waals surface area (Å²) in [5.74, 6) is -0.152. The Morgan fingerprint density at radius 1 is 1.14 bits per heavy atom. The van der Waals surface area contributed by atoms with Gasteiger partial charge < -0.3 is 0 Å². The lowest BCUT2D eigenvalue weighted by molar-refractivity contribution is -0.116. The lowest BCUT2D eigenvalue weighted by atomic mass is 10.00. The Hall–Kier alpha value is -2.10. The van der Waals surface area contributed by atoms with E-state index in [0.717, 1.165) is 11.1 Å². The third-order valence-electron chi connectivity index (χ3n) is 3.43. The first kappa shape index (κ1) is 14.8. The second kappa shape index (κ2) is 5.95. The third-order valence-corrected chi connectivity index (χ3v) is 3.99. The van der Waals surface area contributed by atoms with Crippen LogP contribution in [0.5, 0.6) is 0 Å². The molecule has 110 valence electrons. The summed E-state index contributed by atoms with van der Waals surface area (Å²) in [5.41, 5.74) is 2.87. The zero-order valence-corrected chi connectivity index (χ0v) is 13.1. The van der Waals surface area contributed by atoms with E-state index in [1.54, 1.807) is 24.3 Å². The number of hydrogen-bond donors (Lipinski definition) is 0. The van der Waals surface area contributed by atoms with Gasteiger partial charge in [-0.2, -0.15) is 0 Å². The van der Waals surface area contributed by atoms with Crippen LogP contribution in [-0.4, -0.2) is 18.2 Å². The van der Waals surface area contributed by atoms with E-state index in [0.29, 0.717) is 21.4 Å². The van der Waals surface area contributed by atoms with E-state index in [1.807, 2.05) is 18.2 Å². The van der Waals surface area contributed by atoms with Crippen LogP contribution >= 0.6 is 23.2 Å². The highest BCUT2D eigenvalue weighted by molar-refractivity contribution is 6.37. The number of nitrogens with zero attached hydrogens (tertiary/aromatic N) is 2. The molecule has 2 aromatic rings. The van der Waals surface area contributed by atoms with Gasteiger partial charge in [0.05, 0.1) is 11.4 Å². The van der Waals surface area contributed by atoms with E-state index < -0.39 is 0 Å². The minimum absolute atomic E-state index is 0.0267. The van der Waals surface area contributed by atoms with E-state index >= 15 is 0 Å². The highest BCUT2D eigenvalue weighted by atomic mass is 35.5. The first-order valence-corrected chi connectivity index (χ1v) is 7.41. The van der Waals surface area contributed by atoms with Crippen LogP contribution in [0.2, 0.25) is 10.0 Å². The number of benzene rings is 2. The maximum Gasteiger partial charge on any atom is 0.252 e. The van der Waals surface area contributed by atoms with Crippen LogP contribution < -0.4 is 4.90 Å². The molecule has 3 nitrogen and oxygen atoms in total. The Balaban J connectivity index is 2.28. The Labute approximate surface area is 138 Å². The Bertz CT molecular complexity index is 799. The Morgan fingerprint density at radius 3 is 2.64 bits per heavy atom. The van der Waals surface area contributed by atoms with Crippen molar-refractivity contribution < 1.29 is 4.79 Å². The topological polar surface area (TPSA) is 32.7 Å². The quantitative estimate of drug-likeness (QED) is 0.807. The molecule has 2 aromatic carbocycles. The van der Waals surface area contributed by atoms with Gasteiger partial charge in [-0.15, -0.1) is 0 Å². The molecule has 1 aliphatic heterocycles. The molecule has 0 saturated carbocycles. The number of hydrogen-bond acceptors (Lipinski definition) is 2. The molecule has 0 aliphatic carbocycles. The van der Waals surface area contributed by atoms with Gasteiger partial charge in [-0.1, -0.05) is 48.0 Å². The highest BCUT2D eigenvalue weighted by Gasteiger charge is 2.24. The first-order chi connectivity index (χ1) is 10.6. The average Bonchev–Trinajstić information content (AvgIpc) is 2.64. The lowest BCUT2D eigenvalue weighted by Gasteiger charge is -2.19. The van der Waals surface area contributed by atoms with Gasteiger partial charge in [-0.3, -0.25) is 14.7 Å². The van der Waals surface area contributed by atoms with Gasteiger partial charge in [0.15, 0.2) is 0 Å². The van der Waals surface area contributed by atoms with Crippen molar-refractivity contribution in [3.63, 3.8) is 0 Å². The molecule has 0 atom stereocenters. The monoisotopic (exact) mass is 330 g/mol. The summed E-state index contributed by atoms with van der Waals surface area (Å²) in [6.07, 6.45) is 1.49. The predicted molar refractivity (Wildman–Crippen MR) is 91.1 cm³/mol. The van der Waals surface area contributed by atoms with Crippen LogP contribution in [0, 0.1) is 0 Å². The van der Waals surface area contributed by atoms with E-state index in [4.69, 9.17) is 23.2 Å². The van der Waals surface area contributed by atoms with Crippen molar-refractivity contribution in [2.45, 2.75) is 0 Å². The fourth-order valence-corrected chi connectivity index (χ4v) is 2.83. The molecule has 1 heterocycles. The van der Waals surface area contributed by atoms with Crippen molar-refractivity contribution in [1.82, 2.24) is 0 Å². The number of carbonyl (C=O) groups is 1. The summed E-state index contributed by atoms with van der Waals surface area (Å²) in [7, 11) is 0. The number of anilines is 1. The fraction of sp³-hybridized carbons (Fsp3) is 0.0588. The highest BCUT2D eigenvalue weighted by Crippen LogP contribution is 2.31. The first-order valence-electron chi connectivity index (χ1n) is 6.65. The molecule has 3 rings (SSSR count). The number of benzodiazepines with no additional fused rings is 1. The van der Waals surface area contributed by atoms with Crippen LogP contribution in [-0.2, 0) is 4.79 Å². The van der Waals surface area contributed by atoms with Crippen LogP contribution in [0.3, 0.4) is 0 Å². The van der Waals surface area contributed by atoms with Crippen molar-refractivity contribution in [3.8, 4) is 0 Å². The van der Waals surface area contributed by atoms with Gasteiger partial charge in [0, 0.05) is 27.4 Å². The summed E-state index contributed by atoms with van der Waals surface area (Å²) < 4.78 is 0. The third kappa shape index (κ3) is 2.54. The molecule has 5 heteroatoms. The van der Waals surface area contributed by atoms with E-state index in [-0.39, 0.29) is 12.5 Å². The van der Waals surface area contributed by atoms with Gasteiger partial charge in [0.25, 0.3) is 5.91 Å². The second-order valence-electron chi connectivity index (χ2n) is 4.75. The summed E-state index contributed by atoms with van der Waals surface area (Å²) in [4.78, 5) is 18.2. The molecule has 0 bridgehead atoms. The smallest absolute Gasteiger partial charge is 0.252 e. The summed E-state index contributed by atoms with van der Waals surface area (Å²) in [6.45, 7) is 3.73. The summed E-state index contributed by atoms with van der Waals surface area (Å²) in [5, 5.41) is 1.14. The number of amides is 1. The minimum atomic E-state index is -0.152. The molecule has 0 radical (unpaired) electrons. The second-order valence-corrected chi connectivity index (χ2v) is 5.60. The van der Waals surface area contributed by atoms with Crippen molar-refractivity contribution in [2.24, 2.45) is 4.99 Å². The van der Waals surface area contributed by atoms with Gasteiger partial charge in [-0.05, 0) is 24.3 Å². The average molecular weight is 331 g/mol. The molecule has 0 saturated heterocycles. The molecule has 0 spiro atoms. The van der Waals surface area contributed by atoms with Crippen LogP contribution in [0.1, 0.15) is 11.1 Å². The normalized spacial score (nSPS) is 14.2. The largest absolute Gasteiger partial charge is 0.286 e.